The standard InChI is InChI=1S/C18H17Cl2NO4/c1-12(18(23)21-10-13-5-3-2-4-6-13)25-17(22)11-24-16-8-7-14(19)9-15(16)20/h2-9,12H,10-11H2,1H3,(H,21,23). The molecule has 132 valence electrons. The van der Waals surface area contributed by atoms with Gasteiger partial charge < -0.3 is 14.8 Å². The van der Waals surface area contributed by atoms with Crippen molar-refractivity contribution in [3.05, 3.63) is 64.1 Å². The smallest absolute Gasteiger partial charge is 0.344 e. The van der Waals surface area contributed by atoms with Crippen molar-refractivity contribution in [1.29, 1.82) is 0 Å². The topological polar surface area (TPSA) is 64.6 Å². The molecule has 0 saturated heterocycles. The Morgan fingerprint density at radius 1 is 1.12 bits per heavy atom. The number of ether oxygens (including phenoxy) is 2. The third kappa shape index (κ3) is 6.29. The first-order valence-corrected chi connectivity index (χ1v) is 8.30. The first-order chi connectivity index (χ1) is 12.0. The minimum Gasteiger partial charge on any atom is -0.480 e. The van der Waals surface area contributed by atoms with Gasteiger partial charge in [0.25, 0.3) is 5.91 Å². The van der Waals surface area contributed by atoms with Gasteiger partial charge in [-0.15, -0.1) is 0 Å². The SMILES string of the molecule is CC(OC(=O)COc1ccc(Cl)cc1Cl)C(=O)NCc1ccccc1. The third-order valence-corrected chi connectivity index (χ3v) is 3.76. The maximum absolute atomic E-state index is 12.0. The number of amides is 1. The summed E-state index contributed by atoms with van der Waals surface area (Å²) in [5.41, 5.74) is 0.954. The summed E-state index contributed by atoms with van der Waals surface area (Å²) in [5.74, 6) is -0.751. The van der Waals surface area contributed by atoms with E-state index in [2.05, 4.69) is 5.32 Å². The van der Waals surface area contributed by atoms with Gasteiger partial charge in [-0.25, -0.2) is 4.79 Å². The van der Waals surface area contributed by atoms with E-state index in [9.17, 15) is 9.59 Å². The molecule has 2 rings (SSSR count). The Morgan fingerprint density at radius 3 is 2.52 bits per heavy atom. The molecule has 1 N–H and O–H groups in total. The zero-order chi connectivity index (χ0) is 18.2. The molecule has 1 atom stereocenters. The van der Waals surface area contributed by atoms with E-state index in [4.69, 9.17) is 32.7 Å². The van der Waals surface area contributed by atoms with Crippen molar-refractivity contribution in [1.82, 2.24) is 5.32 Å². The van der Waals surface area contributed by atoms with Gasteiger partial charge in [-0.2, -0.15) is 0 Å². The molecule has 0 fully saturated rings. The summed E-state index contributed by atoms with van der Waals surface area (Å²) in [4.78, 5) is 23.7. The fraction of sp³-hybridized carbons (Fsp3) is 0.222. The molecule has 1 amide bonds. The Labute approximate surface area is 155 Å². The van der Waals surface area contributed by atoms with Crippen LogP contribution in [0.4, 0.5) is 0 Å². The molecule has 1 unspecified atom stereocenters. The number of nitrogens with one attached hydrogen (secondary N) is 1. The Morgan fingerprint density at radius 2 is 1.84 bits per heavy atom. The zero-order valence-electron chi connectivity index (χ0n) is 13.5. The summed E-state index contributed by atoms with van der Waals surface area (Å²) in [6.07, 6.45) is -0.930. The summed E-state index contributed by atoms with van der Waals surface area (Å²) in [5, 5.41) is 3.45. The van der Waals surface area contributed by atoms with Crippen LogP contribution in [0.1, 0.15) is 12.5 Å². The van der Waals surface area contributed by atoms with Crippen LogP contribution < -0.4 is 10.1 Å². The molecule has 5 nitrogen and oxygen atoms in total. The van der Waals surface area contributed by atoms with Crippen LogP contribution in [0.2, 0.25) is 10.0 Å². The number of hydrogen-bond donors (Lipinski definition) is 1. The molecule has 0 radical (unpaired) electrons. The monoisotopic (exact) mass is 381 g/mol. The zero-order valence-corrected chi connectivity index (χ0v) is 15.0. The molecule has 0 heterocycles. The highest BCUT2D eigenvalue weighted by Gasteiger charge is 2.18. The first kappa shape index (κ1) is 19.1. The Kier molecular flexibility index (Phi) is 7.10. The van der Waals surface area contributed by atoms with Gasteiger partial charge in [0.05, 0.1) is 5.02 Å². The number of esters is 1. The van der Waals surface area contributed by atoms with Crippen LogP contribution in [0.25, 0.3) is 0 Å². The van der Waals surface area contributed by atoms with Crippen molar-refractivity contribution in [3.8, 4) is 5.75 Å². The molecule has 0 aliphatic rings. The highest BCUT2D eigenvalue weighted by Crippen LogP contribution is 2.27. The van der Waals surface area contributed by atoms with Crippen LogP contribution in [0.5, 0.6) is 5.75 Å². The molecule has 2 aromatic carbocycles. The number of rotatable bonds is 7. The number of halogens is 2. The number of carbonyl (C=O) groups is 2. The van der Waals surface area contributed by atoms with Crippen LogP contribution >= 0.6 is 23.2 Å². The maximum Gasteiger partial charge on any atom is 0.344 e. The van der Waals surface area contributed by atoms with E-state index in [0.717, 1.165) is 5.56 Å². The fourth-order valence-electron chi connectivity index (χ4n) is 1.94. The lowest BCUT2D eigenvalue weighted by Gasteiger charge is -2.14. The largest absolute Gasteiger partial charge is 0.480 e. The fourth-order valence-corrected chi connectivity index (χ4v) is 2.41. The minimum atomic E-state index is -0.930. The second-order valence-corrected chi connectivity index (χ2v) is 6.04. The van der Waals surface area contributed by atoms with E-state index in [-0.39, 0.29) is 17.5 Å². The summed E-state index contributed by atoms with van der Waals surface area (Å²) in [6.45, 7) is 1.49. The summed E-state index contributed by atoms with van der Waals surface area (Å²) in [6, 6.07) is 14.1. The van der Waals surface area contributed by atoms with E-state index in [1.807, 2.05) is 30.3 Å². The van der Waals surface area contributed by atoms with Gasteiger partial charge in [-0.05, 0) is 30.7 Å². The molecule has 2 aromatic rings. The predicted octanol–water partition coefficient (Wildman–Crippen LogP) is 3.62. The van der Waals surface area contributed by atoms with Crippen molar-refractivity contribution in [2.45, 2.75) is 19.6 Å². The molecule has 0 aromatic heterocycles. The second-order valence-electron chi connectivity index (χ2n) is 5.20. The van der Waals surface area contributed by atoms with E-state index < -0.39 is 12.1 Å². The molecule has 25 heavy (non-hydrogen) atoms. The van der Waals surface area contributed by atoms with Crippen LogP contribution in [0.3, 0.4) is 0 Å². The Bertz CT molecular complexity index is 737. The molecular weight excluding hydrogens is 365 g/mol. The van der Waals surface area contributed by atoms with Gasteiger partial charge in [0.2, 0.25) is 0 Å². The van der Waals surface area contributed by atoms with Crippen LogP contribution in [0, 0.1) is 0 Å². The number of hydrogen-bond acceptors (Lipinski definition) is 4. The summed E-state index contributed by atoms with van der Waals surface area (Å²) in [7, 11) is 0. The van der Waals surface area contributed by atoms with Crippen molar-refractivity contribution < 1.29 is 19.1 Å². The third-order valence-electron chi connectivity index (χ3n) is 3.23. The van der Waals surface area contributed by atoms with Gasteiger partial charge in [0, 0.05) is 11.6 Å². The van der Waals surface area contributed by atoms with E-state index >= 15 is 0 Å². The molecule has 0 bridgehead atoms. The van der Waals surface area contributed by atoms with Crippen molar-refractivity contribution in [3.63, 3.8) is 0 Å². The van der Waals surface area contributed by atoms with Crippen LogP contribution in [0.15, 0.2) is 48.5 Å². The molecular formula is C18H17Cl2NO4. The van der Waals surface area contributed by atoms with Crippen LogP contribution in [-0.2, 0) is 20.9 Å². The maximum atomic E-state index is 12.0. The average Bonchev–Trinajstić information content (AvgIpc) is 2.59. The highest BCUT2D eigenvalue weighted by atomic mass is 35.5. The molecule has 0 saturated carbocycles. The lowest BCUT2D eigenvalue weighted by Crippen LogP contribution is -2.36. The lowest BCUT2D eigenvalue weighted by molar-refractivity contribution is -0.156. The first-order valence-electron chi connectivity index (χ1n) is 7.54. The molecule has 0 spiro atoms. The van der Waals surface area contributed by atoms with Crippen molar-refractivity contribution in [2.24, 2.45) is 0 Å². The second kappa shape index (κ2) is 9.30. The van der Waals surface area contributed by atoms with Crippen LogP contribution in [-0.4, -0.2) is 24.6 Å². The van der Waals surface area contributed by atoms with Crippen molar-refractivity contribution in [2.75, 3.05) is 6.61 Å². The summed E-state index contributed by atoms with van der Waals surface area (Å²) < 4.78 is 10.3. The van der Waals surface area contributed by atoms with Crippen molar-refractivity contribution >= 4 is 35.1 Å². The predicted molar refractivity (Wildman–Crippen MR) is 95.8 cm³/mol. The van der Waals surface area contributed by atoms with Gasteiger partial charge >= 0.3 is 5.97 Å². The Balaban J connectivity index is 1.76. The van der Waals surface area contributed by atoms with E-state index in [1.54, 1.807) is 12.1 Å². The molecule has 0 aliphatic heterocycles. The summed E-state index contributed by atoms with van der Waals surface area (Å²) >= 11 is 11.7. The molecule has 7 heteroatoms. The minimum absolute atomic E-state index is 0.286. The lowest BCUT2D eigenvalue weighted by atomic mass is 10.2. The van der Waals surface area contributed by atoms with E-state index in [1.165, 1.54) is 13.0 Å². The van der Waals surface area contributed by atoms with Gasteiger partial charge in [0.1, 0.15) is 5.75 Å². The average molecular weight is 382 g/mol. The normalized spacial score (nSPS) is 11.5. The quantitative estimate of drug-likeness (QED) is 0.743. The number of benzene rings is 2. The van der Waals surface area contributed by atoms with E-state index in [0.29, 0.717) is 17.3 Å². The molecule has 0 aliphatic carbocycles. The highest BCUT2D eigenvalue weighted by molar-refractivity contribution is 6.35. The van der Waals surface area contributed by atoms with Gasteiger partial charge in [-0.1, -0.05) is 53.5 Å². The Hall–Kier alpha value is -2.24. The van der Waals surface area contributed by atoms with Gasteiger partial charge in [0.15, 0.2) is 12.7 Å². The number of carbonyl (C=O) groups excluding carboxylic acids is 2. The van der Waals surface area contributed by atoms with Gasteiger partial charge in [-0.3, -0.25) is 4.79 Å².